The third kappa shape index (κ3) is 2.07. The standard InChI is InChI=1S/C11H13N2.Y/c1-8(2)10-6-9-4-5-13(3)11(9)7-12-10;/h5-8H,1-3H3;/q-1;. The zero-order valence-electron chi connectivity index (χ0n) is 8.78. The topological polar surface area (TPSA) is 17.8 Å². The van der Waals surface area contributed by atoms with Crippen LogP contribution in [0.1, 0.15) is 25.5 Å². The maximum Gasteiger partial charge on any atom is 0 e. The maximum atomic E-state index is 4.40. The number of pyridine rings is 1. The van der Waals surface area contributed by atoms with Gasteiger partial charge in [-0.2, -0.15) is 11.5 Å². The predicted molar refractivity (Wildman–Crippen MR) is 53.6 cm³/mol. The molecule has 2 nitrogen and oxygen atoms in total. The van der Waals surface area contributed by atoms with Crippen molar-refractivity contribution in [1.29, 1.82) is 0 Å². The summed E-state index contributed by atoms with van der Waals surface area (Å²) < 4.78 is 2.03. The van der Waals surface area contributed by atoms with E-state index < -0.39 is 0 Å². The van der Waals surface area contributed by atoms with Crippen LogP contribution in [-0.2, 0) is 39.8 Å². The van der Waals surface area contributed by atoms with E-state index in [0.717, 1.165) is 16.6 Å². The third-order valence-corrected chi connectivity index (χ3v) is 2.29. The Balaban J connectivity index is 0.000000980. The minimum Gasteiger partial charge on any atom is -0.412 e. The van der Waals surface area contributed by atoms with Crippen molar-refractivity contribution >= 4 is 10.9 Å². The Labute approximate surface area is 110 Å². The van der Waals surface area contributed by atoms with Crippen molar-refractivity contribution in [2.75, 3.05) is 0 Å². The van der Waals surface area contributed by atoms with Crippen LogP contribution in [-0.4, -0.2) is 9.55 Å². The Morgan fingerprint density at radius 1 is 1.43 bits per heavy atom. The second-order valence-electron chi connectivity index (χ2n) is 3.67. The van der Waals surface area contributed by atoms with Crippen LogP contribution in [0.5, 0.6) is 0 Å². The molecular formula is C11H13N2Y-. The summed E-state index contributed by atoms with van der Waals surface area (Å²) in [4.78, 5) is 4.40. The molecule has 0 saturated heterocycles. The molecule has 71 valence electrons. The summed E-state index contributed by atoms with van der Waals surface area (Å²) in [6, 6.07) is 5.32. The van der Waals surface area contributed by atoms with E-state index in [9.17, 15) is 0 Å². The molecule has 2 heterocycles. The fraction of sp³-hybridized carbons (Fsp3) is 0.364. The normalized spacial score (nSPS) is 10.6. The van der Waals surface area contributed by atoms with Gasteiger partial charge in [0.15, 0.2) is 0 Å². The summed E-state index contributed by atoms with van der Waals surface area (Å²) in [5.74, 6) is 0.484. The van der Waals surface area contributed by atoms with Gasteiger partial charge in [0.05, 0.1) is 0 Å². The molecule has 2 rings (SSSR count). The van der Waals surface area contributed by atoms with Gasteiger partial charge in [-0.15, -0.1) is 6.07 Å². The number of rotatable bonds is 1. The molecule has 0 bridgehead atoms. The molecule has 0 N–H and O–H groups in total. The summed E-state index contributed by atoms with van der Waals surface area (Å²) in [5.41, 5.74) is 2.28. The van der Waals surface area contributed by atoms with E-state index in [0.29, 0.717) is 5.92 Å². The van der Waals surface area contributed by atoms with Gasteiger partial charge in [-0.25, -0.2) is 0 Å². The first-order valence-electron chi connectivity index (χ1n) is 4.51. The van der Waals surface area contributed by atoms with Gasteiger partial charge >= 0.3 is 0 Å². The molecular weight excluding hydrogens is 249 g/mol. The minimum absolute atomic E-state index is 0. The molecule has 14 heavy (non-hydrogen) atoms. The molecule has 0 fully saturated rings. The van der Waals surface area contributed by atoms with Gasteiger partial charge in [0.2, 0.25) is 0 Å². The second kappa shape index (κ2) is 4.54. The van der Waals surface area contributed by atoms with Crippen LogP contribution in [0.25, 0.3) is 10.9 Å². The van der Waals surface area contributed by atoms with Crippen LogP contribution < -0.4 is 0 Å². The van der Waals surface area contributed by atoms with Crippen LogP contribution in [0.15, 0.2) is 18.5 Å². The Hall–Kier alpha value is -0.206. The van der Waals surface area contributed by atoms with Crippen LogP contribution in [0.4, 0.5) is 0 Å². The smallest absolute Gasteiger partial charge is 0 e. The SMILES string of the molecule is CC(C)c1cc2[c-]cn(C)c2cn1.[Y]. The first-order chi connectivity index (χ1) is 6.18. The number of hydrogen-bond donors (Lipinski definition) is 0. The van der Waals surface area contributed by atoms with Crippen molar-refractivity contribution in [1.82, 2.24) is 9.55 Å². The van der Waals surface area contributed by atoms with Gasteiger partial charge in [-0.1, -0.05) is 20.0 Å². The van der Waals surface area contributed by atoms with E-state index in [1.54, 1.807) is 0 Å². The Morgan fingerprint density at radius 2 is 2.14 bits per heavy atom. The van der Waals surface area contributed by atoms with Crippen molar-refractivity contribution in [3.63, 3.8) is 0 Å². The summed E-state index contributed by atoms with van der Waals surface area (Å²) in [6.07, 6.45) is 3.86. The molecule has 0 aliphatic heterocycles. The number of nitrogens with zero attached hydrogens (tertiary/aromatic N) is 2. The van der Waals surface area contributed by atoms with E-state index in [4.69, 9.17) is 0 Å². The molecule has 0 amide bonds. The predicted octanol–water partition coefficient (Wildman–Crippen LogP) is 2.49. The van der Waals surface area contributed by atoms with Gasteiger partial charge in [-0.05, 0) is 30.4 Å². The average molecular weight is 262 g/mol. The van der Waals surface area contributed by atoms with Gasteiger partial charge in [0.25, 0.3) is 0 Å². The van der Waals surface area contributed by atoms with Gasteiger partial charge in [0.1, 0.15) is 0 Å². The van der Waals surface area contributed by atoms with Crippen molar-refractivity contribution in [3.8, 4) is 0 Å². The summed E-state index contributed by atoms with van der Waals surface area (Å²) in [7, 11) is 2.01. The molecule has 0 saturated carbocycles. The van der Waals surface area contributed by atoms with Gasteiger partial charge in [-0.3, -0.25) is 4.98 Å². The monoisotopic (exact) mass is 262 g/mol. The number of aromatic nitrogens is 2. The molecule has 2 aromatic rings. The minimum atomic E-state index is 0. The molecule has 0 spiro atoms. The fourth-order valence-electron chi connectivity index (χ4n) is 1.41. The van der Waals surface area contributed by atoms with Crippen molar-refractivity contribution in [3.05, 3.63) is 30.2 Å². The van der Waals surface area contributed by atoms with Crippen LogP contribution in [0.3, 0.4) is 0 Å². The number of fused-ring (bicyclic) bond motifs is 1. The maximum absolute atomic E-state index is 4.40. The second-order valence-corrected chi connectivity index (χ2v) is 3.67. The summed E-state index contributed by atoms with van der Waals surface area (Å²) in [5, 5.41) is 1.15. The van der Waals surface area contributed by atoms with Crippen LogP contribution in [0.2, 0.25) is 0 Å². The van der Waals surface area contributed by atoms with E-state index in [1.807, 2.05) is 24.0 Å². The van der Waals surface area contributed by atoms with E-state index in [2.05, 4.69) is 31.0 Å². The molecule has 0 atom stereocenters. The fourth-order valence-corrected chi connectivity index (χ4v) is 1.41. The average Bonchev–Trinajstić information content (AvgIpc) is 2.47. The van der Waals surface area contributed by atoms with Crippen LogP contribution in [0, 0.1) is 6.07 Å². The quantitative estimate of drug-likeness (QED) is 0.722. The van der Waals surface area contributed by atoms with E-state index in [1.165, 1.54) is 0 Å². The zero-order valence-corrected chi connectivity index (χ0v) is 11.6. The summed E-state index contributed by atoms with van der Waals surface area (Å²) in [6.45, 7) is 4.30. The molecule has 0 aliphatic carbocycles. The molecule has 2 aromatic heterocycles. The summed E-state index contributed by atoms with van der Waals surface area (Å²) >= 11 is 0. The molecule has 0 aromatic carbocycles. The van der Waals surface area contributed by atoms with E-state index >= 15 is 0 Å². The molecule has 1 radical (unpaired) electrons. The van der Waals surface area contributed by atoms with E-state index in [-0.39, 0.29) is 32.7 Å². The number of hydrogen-bond acceptors (Lipinski definition) is 1. The van der Waals surface area contributed by atoms with Gasteiger partial charge < -0.3 is 4.57 Å². The largest absolute Gasteiger partial charge is 0.412 e. The van der Waals surface area contributed by atoms with Gasteiger partial charge in [0, 0.05) is 32.7 Å². The first kappa shape index (κ1) is 11.9. The zero-order chi connectivity index (χ0) is 9.42. The first-order valence-corrected chi connectivity index (χ1v) is 4.51. The Kier molecular flexibility index (Phi) is 3.85. The number of aryl methyl sites for hydroxylation is 1. The Morgan fingerprint density at radius 3 is 2.79 bits per heavy atom. The van der Waals surface area contributed by atoms with Crippen molar-refractivity contribution in [2.45, 2.75) is 19.8 Å². The van der Waals surface area contributed by atoms with Crippen molar-refractivity contribution in [2.24, 2.45) is 7.05 Å². The molecule has 3 heteroatoms. The molecule has 0 aliphatic rings. The third-order valence-electron chi connectivity index (χ3n) is 2.29. The van der Waals surface area contributed by atoms with Crippen molar-refractivity contribution < 1.29 is 32.7 Å². The van der Waals surface area contributed by atoms with Crippen LogP contribution >= 0.6 is 0 Å². The molecule has 0 unspecified atom stereocenters. The Bertz CT molecular complexity index is 432.